The molecule has 0 radical (unpaired) electrons. The van der Waals surface area contributed by atoms with Gasteiger partial charge < -0.3 is 0 Å². The van der Waals surface area contributed by atoms with E-state index in [1.807, 2.05) is 0 Å². The fourth-order valence-electron chi connectivity index (χ4n) is 0.354. The first-order valence-electron chi connectivity index (χ1n) is 3.10. The van der Waals surface area contributed by atoms with Crippen molar-refractivity contribution in [2.24, 2.45) is 5.73 Å². The van der Waals surface area contributed by atoms with Gasteiger partial charge in [0, 0.05) is 4.75 Å². The van der Waals surface area contributed by atoms with Crippen LogP contribution in [-0.4, -0.2) is 9.91 Å². The third-order valence-corrected chi connectivity index (χ3v) is 1.27. The van der Waals surface area contributed by atoms with Crippen molar-refractivity contribution in [1.29, 1.82) is 0 Å². The minimum atomic E-state index is -4.94. The average Bonchev–Trinajstić information content (AvgIpc) is 1.47. The topological polar surface area (TPSA) is 144 Å². The molecule has 0 atom stereocenters. The largest absolute Gasteiger partial charge is 0.300 e. The number of hydrogen-bond donors (Lipinski definition) is 2. The molecule has 6 nitrogen and oxygen atoms in total. The van der Waals surface area contributed by atoms with E-state index in [1.165, 1.54) is 11.8 Å². The number of hydrogen-bond acceptors (Lipinski definition) is 5. The van der Waals surface area contributed by atoms with Crippen LogP contribution >= 0.6 is 11.8 Å². The quantitative estimate of drug-likeness (QED) is 0.316. The summed E-state index contributed by atoms with van der Waals surface area (Å²) >= 11 is 1.48. The summed E-state index contributed by atoms with van der Waals surface area (Å²) in [4.78, 5) is 0. The molecule has 13 heavy (non-hydrogen) atoms. The average molecular weight is 233 g/mol. The van der Waals surface area contributed by atoms with E-state index in [0.717, 1.165) is 0 Å². The van der Waals surface area contributed by atoms with Crippen molar-refractivity contribution in [3.8, 4) is 0 Å². The molecule has 0 rings (SSSR count). The molecular formula is C5H13ClN2O4S. The monoisotopic (exact) mass is 232 g/mol. The highest BCUT2D eigenvalue weighted by molar-refractivity contribution is 8.14. The van der Waals surface area contributed by atoms with Crippen LogP contribution in [0.4, 0.5) is 0 Å². The zero-order chi connectivity index (χ0) is 11.3. The highest BCUT2D eigenvalue weighted by Gasteiger charge is 2.14. The summed E-state index contributed by atoms with van der Waals surface area (Å²) in [5.41, 5.74) is 5.24. The molecule has 0 saturated carbocycles. The van der Waals surface area contributed by atoms with Gasteiger partial charge in [-0.15, -0.1) is 10.2 Å². The summed E-state index contributed by atoms with van der Waals surface area (Å²) in [7, 11) is -4.94. The second-order valence-corrected chi connectivity index (χ2v) is 5.65. The smallest absolute Gasteiger partial charge is 0.282 e. The van der Waals surface area contributed by atoms with Crippen molar-refractivity contribution in [2.45, 2.75) is 25.5 Å². The number of amidine groups is 1. The molecule has 80 valence electrons. The molecule has 0 saturated heterocycles. The second kappa shape index (κ2) is 5.63. The van der Waals surface area contributed by atoms with Gasteiger partial charge in [-0.2, -0.15) is 0 Å². The molecule has 0 aromatic heterocycles. The van der Waals surface area contributed by atoms with Crippen LogP contribution in [0.2, 0.25) is 0 Å². The summed E-state index contributed by atoms with van der Waals surface area (Å²) in [6.07, 6.45) is 0. The first-order valence-corrected chi connectivity index (χ1v) is 5.15. The van der Waals surface area contributed by atoms with Crippen molar-refractivity contribution in [2.75, 3.05) is 0 Å². The minimum absolute atomic E-state index is 0.152. The predicted octanol–water partition coefficient (Wildman–Crippen LogP) is -5.16. The van der Waals surface area contributed by atoms with Gasteiger partial charge in [-0.05, 0) is 11.8 Å². The van der Waals surface area contributed by atoms with Gasteiger partial charge in [0.25, 0.3) is 5.17 Å². The highest BCUT2D eigenvalue weighted by Crippen LogP contribution is 2.20. The minimum Gasteiger partial charge on any atom is -0.282 e. The lowest BCUT2D eigenvalue weighted by molar-refractivity contribution is -2.00. The van der Waals surface area contributed by atoms with E-state index < -0.39 is 10.2 Å². The van der Waals surface area contributed by atoms with Gasteiger partial charge in [0.15, 0.2) is 0 Å². The Morgan fingerprint density at radius 3 is 1.46 bits per heavy atom. The van der Waals surface area contributed by atoms with Crippen molar-refractivity contribution in [3.63, 3.8) is 0 Å². The lowest BCUT2D eigenvalue weighted by Crippen LogP contribution is -2.68. The van der Waals surface area contributed by atoms with E-state index in [2.05, 4.69) is 20.8 Å². The van der Waals surface area contributed by atoms with Crippen LogP contribution < -0.4 is 29.8 Å². The van der Waals surface area contributed by atoms with Crippen LogP contribution in [0.25, 0.3) is 0 Å². The van der Waals surface area contributed by atoms with Crippen LogP contribution in [0.5, 0.6) is 0 Å². The molecular weight excluding hydrogens is 220 g/mol. The Hall–Kier alpha value is -0.0500. The molecule has 0 aliphatic heterocycles. The molecule has 0 heterocycles. The van der Waals surface area contributed by atoms with E-state index in [-0.39, 0.29) is 4.75 Å². The summed E-state index contributed by atoms with van der Waals surface area (Å²) in [5.74, 6) is 0. The maximum atomic E-state index is 8.49. The van der Waals surface area contributed by atoms with E-state index in [0.29, 0.717) is 5.17 Å². The third kappa shape index (κ3) is 48.3. The van der Waals surface area contributed by atoms with Gasteiger partial charge in [0.05, 0.1) is 0 Å². The standard InChI is InChI=1S/C5H12N2S.ClHO4/c1-5(2,3)8-4(6)7;2-1(3,4)5/h1-3H3,(H3,6,7);(H,2,3,4,5). The van der Waals surface area contributed by atoms with E-state index in [4.69, 9.17) is 29.8 Å². The summed E-state index contributed by atoms with van der Waals surface area (Å²) in [6.45, 7) is 6.20. The Kier molecular flexibility index (Phi) is 6.68. The van der Waals surface area contributed by atoms with Crippen molar-refractivity contribution in [1.82, 2.24) is 0 Å². The molecule has 4 N–H and O–H groups in total. The predicted molar refractivity (Wildman–Crippen MR) is 38.5 cm³/mol. The van der Waals surface area contributed by atoms with Gasteiger partial charge in [-0.3, -0.25) is 11.1 Å². The van der Waals surface area contributed by atoms with Crippen molar-refractivity contribution in [3.05, 3.63) is 0 Å². The molecule has 8 heteroatoms. The Bertz CT molecular complexity index is 159. The summed E-state index contributed by atoms with van der Waals surface area (Å²) in [5, 5.41) is 5.68. The van der Waals surface area contributed by atoms with Crippen LogP contribution in [-0.2, 0) is 0 Å². The Morgan fingerprint density at radius 1 is 1.23 bits per heavy atom. The number of rotatable bonds is 0. The molecule has 0 spiro atoms. The Labute approximate surface area is 83.0 Å². The van der Waals surface area contributed by atoms with Crippen molar-refractivity contribution < 1.29 is 34.3 Å². The van der Waals surface area contributed by atoms with Crippen LogP contribution in [0, 0.1) is 10.2 Å². The normalized spacial score (nSPS) is 11.6. The Morgan fingerprint density at radius 2 is 1.46 bits per heavy atom. The van der Waals surface area contributed by atoms with E-state index in [1.54, 1.807) is 0 Å². The lowest BCUT2D eigenvalue weighted by atomic mass is 10.3. The van der Waals surface area contributed by atoms with E-state index >= 15 is 0 Å². The fourth-order valence-corrected chi connectivity index (χ4v) is 1.06. The zero-order valence-corrected chi connectivity index (χ0v) is 9.15. The molecule has 0 fully saturated rings. The third-order valence-electron chi connectivity index (χ3n) is 0.424. The number of nitrogens with two attached hydrogens (primary N) is 2. The highest BCUT2D eigenvalue weighted by atomic mass is 35.7. The SMILES string of the molecule is CC(C)(C)SC(N)=[NH2+].[O-][Cl+3]([O-])([O-])[O-]. The first kappa shape index (κ1) is 15.4. The van der Waals surface area contributed by atoms with Crippen molar-refractivity contribution >= 4 is 16.9 Å². The van der Waals surface area contributed by atoms with Crippen LogP contribution in [0.15, 0.2) is 0 Å². The van der Waals surface area contributed by atoms with Gasteiger partial charge >= 0.3 is 0 Å². The lowest BCUT2D eigenvalue weighted by Gasteiger charge is -2.17. The molecule has 0 unspecified atom stereocenters. The summed E-state index contributed by atoms with van der Waals surface area (Å²) in [6, 6.07) is 0. The molecule has 0 aliphatic carbocycles. The van der Waals surface area contributed by atoms with Gasteiger partial charge in [-0.1, -0.05) is 20.8 Å². The van der Waals surface area contributed by atoms with Gasteiger partial charge in [-0.25, -0.2) is 18.6 Å². The number of thioether (sulfide) groups is 1. The van der Waals surface area contributed by atoms with Crippen LogP contribution in [0.1, 0.15) is 20.8 Å². The zero-order valence-electron chi connectivity index (χ0n) is 7.57. The van der Waals surface area contributed by atoms with Gasteiger partial charge in [0.1, 0.15) is 0 Å². The maximum absolute atomic E-state index is 8.49. The molecule has 0 aromatic carbocycles. The van der Waals surface area contributed by atoms with Gasteiger partial charge in [0.2, 0.25) is 0 Å². The molecule has 0 aliphatic rings. The molecule has 0 amide bonds. The van der Waals surface area contributed by atoms with Crippen LogP contribution in [0.3, 0.4) is 0 Å². The summed E-state index contributed by atoms with van der Waals surface area (Å²) < 4.78 is 34.1. The van der Waals surface area contributed by atoms with E-state index in [9.17, 15) is 0 Å². The molecule has 0 bridgehead atoms. The maximum Gasteiger partial charge on any atom is 0.300 e. The second-order valence-electron chi connectivity index (χ2n) is 2.99. The fraction of sp³-hybridized carbons (Fsp3) is 0.800. The molecule has 0 aromatic rings. The Balaban J connectivity index is 0. The number of halogens is 1. The first-order chi connectivity index (χ1) is 5.42.